The number of anilines is 1. The molecule has 7 heteroatoms. The van der Waals surface area contributed by atoms with Gasteiger partial charge < -0.3 is 20.7 Å². The number of halogens is 1. The van der Waals surface area contributed by atoms with Crippen LogP contribution in [0.15, 0.2) is 24.3 Å². The summed E-state index contributed by atoms with van der Waals surface area (Å²) in [5, 5.41) is 8.62. The molecule has 0 saturated carbocycles. The minimum atomic E-state index is -0.338. The van der Waals surface area contributed by atoms with Crippen LogP contribution in [-0.4, -0.2) is 37.7 Å². The van der Waals surface area contributed by atoms with Gasteiger partial charge in [-0.3, -0.25) is 4.79 Å². The maximum absolute atomic E-state index is 11.7. The van der Waals surface area contributed by atoms with E-state index in [1.807, 2.05) is 6.92 Å². The van der Waals surface area contributed by atoms with E-state index in [1.54, 1.807) is 24.3 Å². The van der Waals surface area contributed by atoms with Crippen molar-refractivity contribution in [1.29, 1.82) is 0 Å². The SMILES string of the molecule is C[C@H]1C[C@H](CNC(=O)NCC(=O)Nc2ccc(Cl)cc2)CCO1. The number of benzene rings is 1. The van der Waals surface area contributed by atoms with Crippen LogP contribution in [0.3, 0.4) is 0 Å². The lowest BCUT2D eigenvalue weighted by Gasteiger charge is -2.27. The van der Waals surface area contributed by atoms with Crippen molar-refractivity contribution >= 4 is 29.2 Å². The Kier molecular flexibility index (Phi) is 6.67. The summed E-state index contributed by atoms with van der Waals surface area (Å²) < 4.78 is 5.47. The van der Waals surface area contributed by atoms with Crippen LogP contribution in [0, 0.1) is 5.92 Å². The highest BCUT2D eigenvalue weighted by atomic mass is 35.5. The van der Waals surface area contributed by atoms with Crippen LogP contribution in [0.5, 0.6) is 0 Å². The van der Waals surface area contributed by atoms with E-state index in [4.69, 9.17) is 16.3 Å². The van der Waals surface area contributed by atoms with Crippen LogP contribution >= 0.6 is 11.6 Å². The number of rotatable bonds is 5. The van der Waals surface area contributed by atoms with E-state index < -0.39 is 0 Å². The quantitative estimate of drug-likeness (QED) is 0.770. The van der Waals surface area contributed by atoms with Crippen LogP contribution in [0.1, 0.15) is 19.8 Å². The summed E-state index contributed by atoms with van der Waals surface area (Å²) in [7, 11) is 0. The molecular weight excluding hydrogens is 318 g/mol. The Hall–Kier alpha value is -1.79. The van der Waals surface area contributed by atoms with E-state index in [9.17, 15) is 9.59 Å². The molecule has 126 valence electrons. The Labute approximate surface area is 140 Å². The lowest BCUT2D eigenvalue weighted by Crippen LogP contribution is -2.42. The number of nitrogens with one attached hydrogen (secondary N) is 3. The third kappa shape index (κ3) is 6.46. The molecule has 0 bridgehead atoms. The molecule has 1 aromatic carbocycles. The number of hydrogen-bond acceptors (Lipinski definition) is 3. The predicted octanol–water partition coefficient (Wildman–Crippen LogP) is 2.39. The van der Waals surface area contributed by atoms with E-state index in [0.29, 0.717) is 23.2 Å². The van der Waals surface area contributed by atoms with E-state index in [1.165, 1.54) is 0 Å². The van der Waals surface area contributed by atoms with E-state index >= 15 is 0 Å². The average molecular weight is 340 g/mol. The van der Waals surface area contributed by atoms with Gasteiger partial charge in [-0.1, -0.05) is 11.6 Å². The van der Waals surface area contributed by atoms with E-state index in [0.717, 1.165) is 19.4 Å². The number of urea groups is 1. The van der Waals surface area contributed by atoms with Crippen molar-refractivity contribution in [3.63, 3.8) is 0 Å². The predicted molar refractivity (Wildman–Crippen MR) is 89.6 cm³/mol. The molecule has 23 heavy (non-hydrogen) atoms. The molecule has 1 aromatic rings. The fourth-order valence-electron chi connectivity index (χ4n) is 2.48. The Morgan fingerprint density at radius 2 is 2.00 bits per heavy atom. The fraction of sp³-hybridized carbons (Fsp3) is 0.500. The molecule has 1 aliphatic heterocycles. The topological polar surface area (TPSA) is 79.5 Å². The highest BCUT2D eigenvalue weighted by molar-refractivity contribution is 6.30. The standard InChI is InChI=1S/C16H22ClN3O3/c1-11-8-12(6-7-23-11)9-18-16(22)19-10-15(21)20-14-4-2-13(17)3-5-14/h2-5,11-12H,6-10H2,1H3,(H,20,21)(H2,18,19,22)/t11-,12+/m0/s1. The minimum absolute atomic E-state index is 0.0847. The van der Waals surface area contributed by atoms with Gasteiger partial charge in [0.2, 0.25) is 5.91 Å². The summed E-state index contributed by atoms with van der Waals surface area (Å²) in [4.78, 5) is 23.5. The van der Waals surface area contributed by atoms with Gasteiger partial charge in [-0.15, -0.1) is 0 Å². The highest BCUT2D eigenvalue weighted by Gasteiger charge is 2.19. The van der Waals surface area contributed by atoms with Gasteiger partial charge in [0.05, 0.1) is 12.6 Å². The maximum atomic E-state index is 11.7. The average Bonchev–Trinajstić information content (AvgIpc) is 2.53. The number of ether oxygens (including phenoxy) is 1. The Bertz CT molecular complexity index is 536. The lowest BCUT2D eigenvalue weighted by molar-refractivity contribution is -0.115. The van der Waals surface area contributed by atoms with Gasteiger partial charge >= 0.3 is 6.03 Å². The van der Waals surface area contributed by atoms with Crippen molar-refractivity contribution in [2.45, 2.75) is 25.9 Å². The summed E-state index contributed by atoms with van der Waals surface area (Å²) in [6.07, 6.45) is 2.13. The Balaban J connectivity index is 1.63. The van der Waals surface area contributed by atoms with E-state index in [2.05, 4.69) is 16.0 Å². The first-order valence-corrected chi connectivity index (χ1v) is 8.09. The first-order valence-electron chi connectivity index (χ1n) is 7.71. The molecule has 6 nitrogen and oxygen atoms in total. The normalized spacial score (nSPS) is 20.6. The zero-order valence-electron chi connectivity index (χ0n) is 13.1. The molecule has 0 spiro atoms. The Morgan fingerprint density at radius 1 is 1.26 bits per heavy atom. The molecule has 1 fully saturated rings. The summed E-state index contributed by atoms with van der Waals surface area (Å²) in [6, 6.07) is 6.44. The van der Waals surface area contributed by atoms with Gasteiger partial charge in [0.15, 0.2) is 0 Å². The number of carbonyl (C=O) groups is 2. The van der Waals surface area contributed by atoms with Crippen LogP contribution in [0.2, 0.25) is 5.02 Å². The van der Waals surface area contributed by atoms with Gasteiger partial charge in [-0.05, 0) is 49.9 Å². The lowest BCUT2D eigenvalue weighted by atomic mass is 9.96. The monoisotopic (exact) mass is 339 g/mol. The molecule has 0 unspecified atom stereocenters. The fourth-order valence-corrected chi connectivity index (χ4v) is 2.60. The largest absolute Gasteiger partial charge is 0.378 e. The number of carbonyl (C=O) groups excluding carboxylic acids is 2. The van der Waals surface area contributed by atoms with Crippen LogP contribution in [0.4, 0.5) is 10.5 Å². The second-order valence-electron chi connectivity index (χ2n) is 5.69. The van der Waals surface area contributed by atoms with Gasteiger partial charge in [0, 0.05) is 23.9 Å². The molecule has 1 saturated heterocycles. The van der Waals surface area contributed by atoms with Crippen LogP contribution in [0.25, 0.3) is 0 Å². The van der Waals surface area contributed by atoms with Crippen LogP contribution in [-0.2, 0) is 9.53 Å². The molecule has 2 atom stereocenters. The number of hydrogen-bond donors (Lipinski definition) is 3. The smallest absolute Gasteiger partial charge is 0.315 e. The van der Waals surface area contributed by atoms with Crippen molar-refractivity contribution in [2.75, 3.05) is 25.0 Å². The van der Waals surface area contributed by atoms with Gasteiger partial charge in [0.25, 0.3) is 0 Å². The molecular formula is C16H22ClN3O3. The first kappa shape index (κ1) is 17.6. The Morgan fingerprint density at radius 3 is 2.70 bits per heavy atom. The van der Waals surface area contributed by atoms with Gasteiger partial charge in [-0.2, -0.15) is 0 Å². The van der Waals surface area contributed by atoms with Crippen molar-refractivity contribution in [3.05, 3.63) is 29.3 Å². The summed E-state index contributed by atoms with van der Waals surface area (Å²) in [6.45, 7) is 3.28. The third-order valence-corrected chi connectivity index (χ3v) is 3.93. The van der Waals surface area contributed by atoms with Crippen molar-refractivity contribution in [2.24, 2.45) is 5.92 Å². The molecule has 0 aromatic heterocycles. The summed E-state index contributed by atoms with van der Waals surface area (Å²) >= 11 is 5.77. The zero-order chi connectivity index (χ0) is 16.7. The molecule has 0 aliphatic carbocycles. The maximum Gasteiger partial charge on any atom is 0.315 e. The molecule has 1 heterocycles. The molecule has 0 radical (unpaired) electrons. The van der Waals surface area contributed by atoms with Crippen molar-refractivity contribution in [3.8, 4) is 0 Å². The highest BCUT2D eigenvalue weighted by Crippen LogP contribution is 2.18. The summed E-state index contributed by atoms with van der Waals surface area (Å²) in [5.41, 5.74) is 0.637. The molecule has 1 aliphatic rings. The second kappa shape index (κ2) is 8.74. The molecule has 3 amide bonds. The number of amides is 3. The van der Waals surface area contributed by atoms with Gasteiger partial charge in [0.1, 0.15) is 0 Å². The minimum Gasteiger partial charge on any atom is -0.378 e. The van der Waals surface area contributed by atoms with Crippen molar-refractivity contribution in [1.82, 2.24) is 10.6 Å². The molecule has 2 rings (SSSR count). The zero-order valence-corrected chi connectivity index (χ0v) is 13.9. The van der Waals surface area contributed by atoms with Gasteiger partial charge in [-0.25, -0.2) is 4.79 Å². The van der Waals surface area contributed by atoms with Crippen LogP contribution < -0.4 is 16.0 Å². The molecule has 3 N–H and O–H groups in total. The first-order chi connectivity index (χ1) is 11.0. The third-order valence-electron chi connectivity index (χ3n) is 3.68. The van der Waals surface area contributed by atoms with Crippen molar-refractivity contribution < 1.29 is 14.3 Å². The van der Waals surface area contributed by atoms with E-state index in [-0.39, 0.29) is 24.6 Å². The summed E-state index contributed by atoms with van der Waals surface area (Å²) in [5.74, 6) is 0.134. The second-order valence-corrected chi connectivity index (χ2v) is 6.13.